The zero-order chi connectivity index (χ0) is 19.6. The molecule has 2 amide bonds. The second-order valence-corrected chi connectivity index (χ2v) is 8.08. The van der Waals surface area contributed by atoms with Crippen molar-refractivity contribution in [2.45, 2.75) is 39.2 Å². The van der Waals surface area contributed by atoms with Gasteiger partial charge in [-0.25, -0.2) is 4.39 Å². The smallest absolute Gasteiger partial charge is 0.229 e. The minimum Gasteiger partial charge on any atom is -0.337 e. The molecule has 2 aromatic rings. The van der Waals surface area contributed by atoms with E-state index in [1.54, 1.807) is 23.1 Å². The largest absolute Gasteiger partial charge is 0.337 e. The van der Waals surface area contributed by atoms with Gasteiger partial charge in [-0.1, -0.05) is 51.1 Å². The van der Waals surface area contributed by atoms with E-state index in [-0.39, 0.29) is 36.0 Å². The standard InChI is InChI=1S/C22H25FN2O2/c1-22(2,3)17-8-10-18(11-9-17)24-21(27)16-12-20(26)25(14-16)13-15-6-4-5-7-19(15)23/h4-11,16H,12-14H2,1-3H3,(H,24,27). The van der Waals surface area contributed by atoms with E-state index in [2.05, 4.69) is 26.1 Å². The monoisotopic (exact) mass is 368 g/mol. The molecular formula is C22H25FN2O2. The van der Waals surface area contributed by atoms with Crippen molar-refractivity contribution in [3.05, 3.63) is 65.5 Å². The van der Waals surface area contributed by atoms with E-state index in [1.165, 1.54) is 11.6 Å². The first-order valence-corrected chi connectivity index (χ1v) is 9.16. The molecule has 5 heteroatoms. The molecule has 1 saturated heterocycles. The highest BCUT2D eigenvalue weighted by molar-refractivity contribution is 5.97. The Morgan fingerprint density at radius 3 is 2.44 bits per heavy atom. The predicted molar refractivity (Wildman–Crippen MR) is 104 cm³/mol. The van der Waals surface area contributed by atoms with Crippen molar-refractivity contribution < 1.29 is 14.0 Å². The number of carbonyl (C=O) groups is 2. The molecule has 1 aliphatic rings. The second-order valence-electron chi connectivity index (χ2n) is 8.08. The van der Waals surface area contributed by atoms with Crippen molar-refractivity contribution in [1.82, 2.24) is 4.90 Å². The molecule has 0 aliphatic carbocycles. The van der Waals surface area contributed by atoms with E-state index in [1.807, 2.05) is 24.3 Å². The minimum atomic E-state index is -0.424. The number of anilines is 1. The highest BCUT2D eigenvalue weighted by Gasteiger charge is 2.34. The maximum Gasteiger partial charge on any atom is 0.229 e. The molecule has 4 nitrogen and oxygen atoms in total. The minimum absolute atomic E-state index is 0.0492. The van der Waals surface area contributed by atoms with Crippen LogP contribution in [0.5, 0.6) is 0 Å². The fourth-order valence-corrected chi connectivity index (χ4v) is 3.23. The number of amides is 2. The van der Waals surface area contributed by atoms with Gasteiger partial charge >= 0.3 is 0 Å². The van der Waals surface area contributed by atoms with Crippen molar-refractivity contribution in [2.75, 3.05) is 11.9 Å². The Kier molecular flexibility index (Phi) is 5.31. The molecule has 0 spiro atoms. The lowest BCUT2D eigenvalue weighted by Gasteiger charge is -2.19. The summed E-state index contributed by atoms with van der Waals surface area (Å²) < 4.78 is 13.8. The average molecular weight is 368 g/mol. The van der Waals surface area contributed by atoms with Crippen molar-refractivity contribution in [3.63, 3.8) is 0 Å². The molecule has 0 saturated carbocycles. The van der Waals surface area contributed by atoms with Crippen molar-refractivity contribution in [1.29, 1.82) is 0 Å². The van der Waals surface area contributed by atoms with E-state index < -0.39 is 5.92 Å². The van der Waals surface area contributed by atoms with E-state index in [4.69, 9.17) is 0 Å². The number of nitrogens with one attached hydrogen (secondary N) is 1. The van der Waals surface area contributed by atoms with Gasteiger partial charge in [-0.2, -0.15) is 0 Å². The normalized spacial score (nSPS) is 17.3. The van der Waals surface area contributed by atoms with Crippen LogP contribution in [0.2, 0.25) is 0 Å². The number of nitrogens with zero attached hydrogens (tertiary/aromatic N) is 1. The van der Waals surface area contributed by atoms with E-state index in [0.29, 0.717) is 17.8 Å². The zero-order valence-electron chi connectivity index (χ0n) is 16.0. The van der Waals surface area contributed by atoms with Gasteiger partial charge in [0.1, 0.15) is 5.82 Å². The van der Waals surface area contributed by atoms with Crippen molar-refractivity contribution in [3.8, 4) is 0 Å². The van der Waals surface area contributed by atoms with Gasteiger partial charge in [-0.05, 0) is 29.2 Å². The summed E-state index contributed by atoms with van der Waals surface area (Å²) in [4.78, 5) is 26.3. The van der Waals surface area contributed by atoms with E-state index in [9.17, 15) is 14.0 Å². The molecule has 142 valence electrons. The van der Waals surface area contributed by atoms with Crippen molar-refractivity contribution in [2.24, 2.45) is 5.92 Å². The van der Waals surface area contributed by atoms with Gasteiger partial charge in [-0.3, -0.25) is 9.59 Å². The molecule has 0 bridgehead atoms. The van der Waals surface area contributed by atoms with Gasteiger partial charge in [0, 0.05) is 30.8 Å². The van der Waals surface area contributed by atoms with Crippen LogP contribution < -0.4 is 5.32 Å². The molecule has 1 aliphatic heterocycles. The highest BCUT2D eigenvalue weighted by atomic mass is 19.1. The molecule has 1 fully saturated rings. The maximum atomic E-state index is 13.8. The summed E-state index contributed by atoms with van der Waals surface area (Å²) in [7, 11) is 0. The van der Waals surface area contributed by atoms with Crippen LogP contribution in [0.15, 0.2) is 48.5 Å². The molecule has 0 radical (unpaired) electrons. The Labute approximate surface area is 159 Å². The SMILES string of the molecule is CC(C)(C)c1ccc(NC(=O)C2CC(=O)N(Cc3ccccc3F)C2)cc1. The number of likely N-dealkylation sites (tertiary alicyclic amines) is 1. The number of hydrogen-bond acceptors (Lipinski definition) is 2. The summed E-state index contributed by atoms with van der Waals surface area (Å²) in [6.07, 6.45) is 0.153. The van der Waals surface area contributed by atoms with Gasteiger partial charge in [0.05, 0.1) is 5.92 Å². The summed E-state index contributed by atoms with van der Waals surface area (Å²) in [6, 6.07) is 14.2. The lowest BCUT2D eigenvalue weighted by molar-refractivity contribution is -0.128. The first-order valence-electron chi connectivity index (χ1n) is 9.16. The zero-order valence-corrected chi connectivity index (χ0v) is 16.0. The molecule has 1 unspecified atom stereocenters. The third-order valence-corrected chi connectivity index (χ3v) is 4.92. The van der Waals surface area contributed by atoms with Crippen LogP contribution in [0.3, 0.4) is 0 Å². The first-order chi connectivity index (χ1) is 12.7. The quantitative estimate of drug-likeness (QED) is 0.883. The van der Waals surface area contributed by atoms with Crippen LogP contribution >= 0.6 is 0 Å². The third kappa shape index (κ3) is 4.54. The number of hydrogen-bond donors (Lipinski definition) is 1. The first kappa shape index (κ1) is 19.1. The van der Waals surface area contributed by atoms with Gasteiger partial charge < -0.3 is 10.2 Å². The second kappa shape index (κ2) is 7.51. The van der Waals surface area contributed by atoms with Gasteiger partial charge in [0.15, 0.2) is 0 Å². The summed E-state index contributed by atoms with van der Waals surface area (Å²) in [6.45, 7) is 6.90. The van der Waals surface area contributed by atoms with Crippen molar-refractivity contribution >= 4 is 17.5 Å². The average Bonchev–Trinajstić information content (AvgIpc) is 2.97. The topological polar surface area (TPSA) is 49.4 Å². The fourth-order valence-electron chi connectivity index (χ4n) is 3.23. The predicted octanol–water partition coefficient (Wildman–Crippen LogP) is 4.11. The molecule has 1 N–H and O–H groups in total. The Morgan fingerprint density at radius 1 is 1.15 bits per heavy atom. The summed E-state index contributed by atoms with van der Waals surface area (Å²) in [5.74, 6) is -1.06. The molecule has 2 aromatic carbocycles. The van der Waals surface area contributed by atoms with Crippen LogP contribution in [0.4, 0.5) is 10.1 Å². The Hall–Kier alpha value is -2.69. The number of carbonyl (C=O) groups excluding carboxylic acids is 2. The molecule has 0 aromatic heterocycles. The summed E-state index contributed by atoms with van der Waals surface area (Å²) in [5.41, 5.74) is 2.42. The fraction of sp³-hybridized carbons (Fsp3) is 0.364. The van der Waals surface area contributed by atoms with E-state index >= 15 is 0 Å². The molecular weight excluding hydrogens is 343 g/mol. The Balaban J connectivity index is 1.61. The number of rotatable bonds is 4. The lowest BCUT2D eigenvalue weighted by atomic mass is 9.87. The van der Waals surface area contributed by atoms with Crippen LogP contribution in [0, 0.1) is 11.7 Å². The van der Waals surface area contributed by atoms with Crippen LogP contribution in [-0.2, 0) is 21.5 Å². The van der Waals surface area contributed by atoms with Gasteiger partial charge in [0.25, 0.3) is 0 Å². The van der Waals surface area contributed by atoms with Crippen LogP contribution in [0.1, 0.15) is 38.3 Å². The Morgan fingerprint density at radius 2 is 1.81 bits per heavy atom. The Bertz CT molecular complexity index is 840. The van der Waals surface area contributed by atoms with Gasteiger partial charge in [-0.15, -0.1) is 0 Å². The molecule has 27 heavy (non-hydrogen) atoms. The van der Waals surface area contributed by atoms with Crippen LogP contribution in [-0.4, -0.2) is 23.3 Å². The molecule has 1 atom stereocenters. The molecule has 3 rings (SSSR count). The van der Waals surface area contributed by atoms with Gasteiger partial charge in [0.2, 0.25) is 11.8 Å². The van der Waals surface area contributed by atoms with E-state index in [0.717, 1.165) is 0 Å². The van der Waals surface area contributed by atoms with Crippen LogP contribution in [0.25, 0.3) is 0 Å². The summed E-state index contributed by atoms with van der Waals surface area (Å²) >= 11 is 0. The lowest BCUT2D eigenvalue weighted by Crippen LogP contribution is -2.28. The number of halogens is 1. The third-order valence-electron chi connectivity index (χ3n) is 4.92. The summed E-state index contributed by atoms with van der Waals surface area (Å²) in [5, 5.41) is 2.89. The molecule has 1 heterocycles. The number of benzene rings is 2. The highest BCUT2D eigenvalue weighted by Crippen LogP contribution is 2.25. The maximum absolute atomic E-state index is 13.8.